The fourth-order valence-corrected chi connectivity index (χ4v) is 4.54. The largest absolute Gasteiger partial charge is 0.493 e. The van der Waals surface area contributed by atoms with Gasteiger partial charge in [-0.15, -0.1) is 0 Å². The third-order valence-electron chi connectivity index (χ3n) is 6.43. The molecule has 164 valence electrons. The number of carbonyl (C=O) groups excluding carboxylic acids is 1. The van der Waals surface area contributed by atoms with Crippen molar-refractivity contribution >= 4 is 5.78 Å². The van der Waals surface area contributed by atoms with Crippen molar-refractivity contribution < 1.29 is 38.7 Å². The molecule has 3 aliphatic rings. The number of rotatable bonds is 4. The Labute approximate surface area is 179 Å². The minimum atomic E-state index is -1.92. The van der Waals surface area contributed by atoms with Gasteiger partial charge in [-0.25, -0.2) is 0 Å². The number of hydrogen-bond acceptors (Lipinski definition) is 8. The second-order valence-corrected chi connectivity index (χ2v) is 8.16. The molecule has 8 heteroatoms. The van der Waals surface area contributed by atoms with Crippen LogP contribution in [0.3, 0.4) is 0 Å². The molecule has 0 radical (unpaired) electrons. The molecule has 0 saturated heterocycles. The lowest BCUT2D eigenvalue weighted by molar-refractivity contribution is -0.0802. The molecule has 0 aliphatic carbocycles. The van der Waals surface area contributed by atoms with E-state index >= 15 is 0 Å². The third-order valence-corrected chi connectivity index (χ3v) is 6.43. The highest BCUT2D eigenvalue weighted by molar-refractivity contribution is 6.07. The van der Waals surface area contributed by atoms with Crippen molar-refractivity contribution in [3.8, 4) is 28.7 Å². The maximum atomic E-state index is 13.6. The highest BCUT2D eigenvalue weighted by atomic mass is 16.6. The van der Waals surface area contributed by atoms with Crippen molar-refractivity contribution in [1.29, 1.82) is 0 Å². The van der Waals surface area contributed by atoms with Gasteiger partial charge in [0.1, 0.15) is 30.0 Å². The van der Waals surface area contributed by atoms with Gasteiger partial charge in [0.05, 0.1) is 19.8 Å². The first-order valence-electron chi connectivity index (χ1n) is 10.2. The first-order valence-corrected chi connectivity index (χ1v) is 10.2. The number of carbonyl (C=O) groups is 1. The molecular weight excluding hydrogens is 404 g/mol. The zero-order chi connectivity index (χ0) is 21.9. The summed E-state index contributed by atoms with van der Waals surface area (Å²) in [7, 11) is 2.99. The van der Waals surface area contributed by atoms with Crippen molar-refractivity contribution in [2.24, 2.45) is 5.92 Å². The summed E-state index contributed by atoms with van der Waals surface area (Å²) in [6, 6.07) is 6.50. The minimum Gasteiger partial charge on any atom is -0.493 e. The van der Waals surface area contributed by atoms with E-state index in [4.69, 9.17) is 23.7 Å². The molecule has 2 aromatic carbocycles. The first-order chi connectivity index (χ1) is 14.9. The highest BCUT2D eigenvalue weighted by Crippen LogP contribution is 2.51. The number of fused-ring (bicyclic) bond motifs is 6. The average molecular weight is 428 g/mol. The first kappa shape index (κ1) is 20.0. The summed E-state index contributed by atoms with van der Waals surface area (Å²) < 4.78 is 28.6. The summed E-state index contributed by atoms with van der Waals surface area (Å²) >= 11 is 0. The van der Waals surface area contributed by atoms with Crippen molar-refractivity contribution in [3.63, 3.8) is 0 Å². The second-order valence-electron chi connectivity index (χ2n) is 8.16. The topological polar surface area (TPSA) is 104 Å². The van der Waals surface area contributed by atoms with Crippen LogP contribution in [0.4, 0.5) is 0 Å². The lowest BCUT2D eigenvalue weighted by Crippen LogP contribution is -2.57. The molecule has 8 nitrogen and oxygen atoms in total. The number of ketones is 1. The van der Waals surface area contributed by atoms with Crippen molar-refractivity contribution in [1.82, 2.24) is 0 Å². The maximum absolute atomic E-state index is 13.6. The van der Waals surface area contributed by atoms with Gasteiger partial charge in [-0.1, -0.05) is 6.92 Å². The van der Waals surface area contributed by atoms with Crippen LogP contribution >= 0.6 is 0 Å². The summed E-state index contributed by atoms with van der Waals surface area (Å²) in [4.78, 5) is 13.6. The average Bonchev–Trinajstić information content (AvgIpc) is 3.23. The minimum absolute atomic E-state index is 0.00106. The van der Waals surface area contributed by atoms with Crippen LogP contribution in [0.15, 0.2) is 24.3 Å². The van der Waals surface area contributed by atoms with Crippen LogP contribution in [0, 0.1) is 5.92 Å². The Hall–Kier alpha value is -2.97. The maximum Gasteiger partial charge on any atom is 0.206 e. The molecule has 2 N–H and O–H groups in total. The normalized spacial score (nSPS) is 26.3. The molecule has 1 unspecified atom stereocenters. The summed E-state index contributed by atoms with van der Waals surface area (Å²) in [5, 5.41) is 21.1. The van der Waals surface area contributed by atoms with Gasteiger partial charge in [0.25, 0.3) is 0 Å². The molecule has 0 fully saturated rings. The molecule has 2 aromatic rings. The lowest BCUT2D eigenvalue weighted by atomic mass is 9.77. The Morgan fingerprint density at radius 2 is 1.90 bits per heavy atom. The number of methoxy groups -OCH3 is 2. The lowest BCUT2D eigenvalue weighted by Gasteiger charge is -2.43. The third kappa shape index (κ3) is 2.71. The Kier molecular flexibility index (Phi) is 4.53. The van der Waals surface area contributed by atoms with E-state index in [0.29, 0.717) is 40.7 Å². The van der Waals surface area contributed by atoms with Gasteiger partial charge in [-0.2, -0.15) is 0 Å². The van der Waals surface area contributed by atoms with E-state index in [2.05, 4.69) is 0 Å². The van der Waals surface area contributed by atoms with Crippen molar-refractivity contribution in [2.75, 3.05) is 27.4 Å². The number of aliphatic hydroxyl groups is 2. The Balaban J connectivity index is 1.60. The molecule has 31 heavy (non-hydrogen) atoms. The van der Waals surface area contributed by atoms with Crippen LogP contribution in [0.25, 0.3) is 0 Å². The van der Waals surface area contributed by atoms with Crippen molar-refractivity contribution in [2.45, 2.75) is 31.2 Å². The van der Waals surface area contributed by atoms with Gasteiger partial charge in [0, 0.05) is 36.1 Å². The number of benzene rings is 2. The molecular formula is C23H24O8. The Morgan fingerprint density at radius 3 is 2.61 bits per heavy atom. The van der Waals surface area contributed by atoms with Crippen molar-refractivity contribution in [3.05, 3.63) is 41.0 Å². The van der Waals surface area contributed by atoms with E-state index in [-0.39, 0.29) is 30.8 Å². The standard InChI is InChI=1S/C23H24O8/c1-11(9-24)16-6-13-15(30-16)5-4-12-21(13)31-20-10-29-17-8-19(28-3)18(27-2)7-14(17)23(20,26)22(12)25/h4-5,7-8,11,16,20,24,26H,6,9-10H2,1-3H3/t11?,16-,20-,23-/m1/s1. The fourth-order valence-electron chi connectivity index (χ4n) is 4.54. The van der Waals surface area contributed by atoms with E-state index in [0.717, 1.165) is 5.56 Å². The Bertz CT molecular complexity index is 1060. The summed E-state index contributed by atoms with van der Waals surface area (Å²) in [6.45, 7) is 1.89. The molecule has 0 amide bonds. The SMILES string of the molecule is COc1cc2c(cc1OC)[C@]1(O)C(=O)c3ccc4c(c3O[C@@H]1CO2)C[C@H](C(C)CO)O4. The molecule has 0 aromatic heterocycles. The summed E-state index contributed by atoms with van der Waals surface area (Å²) in [5.41, 5.74) is -0.580. The van der Waals surface area contributed by atoms with E-state index < -0.39 is 17.5 Å². The molecule has 4 atom stereocenters. The van der Waals surface area contributed by atoms with E-state index in [1.165, 1.54) is 14.2 Å². The highest BCUT2D eigenvalue weighted by Gasteiger charge is 2.56. The fraction of sp³-hybridized carbons (Fsp3) is 0.435. The van der Waals surface area contributed by atoms with Gasteiger partial charge < -0.3 is 33.9 Å². The van der Waals surface area contributed by atoms with Crippen LogP contribution in [-0.2, 0) is 12.0 Å². The monoisotopic (exact) mass is 428 g/mol. The molecule has 3 heterocycles. The molecule has 0 bridgehead atoms. The second kappa shape index (κ2) is 7.03. The number of ether oxygens (including phenoxy) is 5. The van der Waals surface area contributed by atoms with Gasteiger partial charge >= 0.3 is 0 Å². The predicted molar refractivity (Wildman–Crippen MR) is 108 cm³/mol. The van der Waals surface area contributed by atoms with E-state index in [9.17, 15) is 15.0 Å². The van der Waals surface area contributed by atoms with Gasteiger partial charge in [0.15, 0.2) is 23.2 Å². The van der Waals surface area contributed by atoms with Crippen LogP contribution < -0.4 is 23.7 Å². The van der Waals surface area contributed by atoms with Gasteiger partial charge in [-0.3, -0.25) is 4.79 Å². The zero-order valence-electron chi connectivity index (χ0n) is 17.5. The zero-order valence-corrected chi connectivity index (χ0v) is 17.5. The van der Waals surface area contributed by atoms with Crippen LogP contribution in [0.1, 0.15) is 28.4 Å². The summed E-state index contributed by atoms with van der Waals surface area (Å²) in [6.07, 6.45) is -0.619. The quantitative estimate of drug-likeness (QED) is 0.761. The van der Waals surface area contributed by atoms with Crippen LogP contribution in [0.5, 0.6) is 28.7 Å². The van der Waals surface area contributed by atoms with Gasteiger partial charge in [0.2, 0.25) is 5.78 Å². The number of Topliss-reactive ketones (excluding diaryl/α,β-unsaturated/α-hetero) is 1. The molecule has 5 rings (SSSR count). The molecule has 0 spiro atoms. The molecule has 3 aliphatic heterocycles. The van der Waals surface area contributed by atoms with Gasteiger partial charge in [-0.05, 0) is 18.2 Å². The number of hydrogen-bond donors (Lipinski definition) is 2. The number of aliphatic hydroxyl groups excluding tert-OH is 1. The van der Waals surface area contributed by atoms with E-state index in [1.807, 2.05) is 6.92 Å². The van der Waals surface area contributed by atoms with Crippen LogP contribution in [-0.4, -0.2) is 55.6 Å². The smallest absolute Gasteiger partial charge is 0.206 e. The summed E-state index contributed by atoms with van der Waals surface area (Å²) in [5.74, 6) is 1.68. The van der Waals surface area contributed by atoms with E-state index in [1.54, 1.807) is 24.3 Å². The molecule has 0 saturated carbocycles. The Morgan fingerprint density at radius 1 is 1.16 bits per heavy atom. The van der Waals surface area contributed by atoms with Crippen LogP contribution in [0.2, 0.25) is 0 Å². The predicted octanol–water partition coefficient (Wildman–Crippen LogP) is 1.86.